The Labute approximate surface area is 250 Å². The van der Waals surface area contributed by atoms with Crippen LogP contribution in [0.2, 0.25) is 0 Å². The van der Waals surface area contributed by atoms with E-state index in [4.69, 9.17) is 67.3 Å². The van der Waals surface area contributed by atoms with E-state index in [2.05, 4.69) is 0 Å². The number of carbonyl (C=O) groups excluding carboxylic acids is 1. The zero-order valence-corrected chi connectivity index (χ0v) is 25.5. The number of esters is 1. The zero-order valence-electron chi connectivity index (χ0n) is 25.5. The first-order valence-electron chi connectivity index (χ1n) is 14.5. The van der Waals surface area contributed by atoms with Crippen LogP contribution in [0.15, 0.2) is 0 Å². The van der Waals surface area contributed by atoms with Gasteiger partial charge in [-0.05, 0) is 0 Å². The molecule has 0 radical (unpaired) electrons. The van der Waals surface area contributed by atoms with Crippen LogP contribution in [0, 0.1) is 0 Å². The third-order valence-electron chi connectivity index (χ3n) is 4.81. The molecular weight excluding hydrogens is 562 g/mol. The molecule has 42 heavy (non-hydrogen) atoms. The van der Waals surface area contributed by atoms with E-state index in [0.717, 1.165) is 0 Å². The van der Waals surface area contributed by atoms with Gasteiger partial charge in [0.2, 0.25) is 0 Å². The van der Waals surface area contributed by atoms with Gasteiger partial charge in [-0.15, -0.1) is 0 Å². The van der Waals surface area contributed by atoms with Crippen LogP contribution in [-0.4, -0.2) is 178 Å². The summed E-state index contributed by atoms with van der Waals surface area (Å²) >= 11 is 0. The van der Waals surface area contributed by atoms with E-state index in [1.165, 1.54) is 0 Å². The SMILES string of the molecule is COCCOCCOCCOCCOCCOCCOCCOCCOCCOCCOCCOCCOC(=O)CN. The highest BCUT2D eigenvalue weighted by Gasteiger charge is 1.98. The molecule has 0 rings (SSSR count). The first kappa shape index (κ1) is 41.0. The summed E-state index contributed by atoms with van der Waals surface area (Å²) < 4.78 is 69.0. The second-order valence-electron chi connectivity index (χ2n) is 8.15. The van der Waals surface area contributed by atoms with Crippen molar-refractivity contribution < 1.29 is 66.4 Å². The van der Waals surface area contributed by atoms with Crippen LogP contribution in [0.5, 0.6) is 0 Å². The lowest BCUT2D eigenvalue weighted by Crippen LogP contribution is -2.19. The van der Waals surface area contributed by atoms with Crippen molar-refractivity contribution in [1.29, 1.82) is 0 Å². The van der Waals surface area contributed by atoms with Gasteiger partial charge in [0.25, 0.3) is 0 Å². The van der Waals surface area contributed by atoms with Crippen molar-refractivity contribution >= 4 is 5.97 Å². The summed E-state index contributed by atoms with van der Waals surface area (Å²) in [6.45, 7) is 11.5. The van der Waals surface area contributed by atoms with Crippen molar-refractivity contribution in [2.24, 2.45) is 5.73 Å². The summed E-state index contributed by atoms with van der Waals surface area (Å²) in [4.78, 5) is 10.8. The Morgan fingerprint density at radius 2 is 0.548 bits per heavy atom. The van der Waals surface area contributed by atoms with Crippen LogP contribution in [0.3, 0.4) is 0 Å². The fourth-order valence-corrected chi connectivity index (χ4v) is 2.72. The number of methoxy groups -OCH3 is 1. The molecule has 0 atom stereocenters. The molecule has 15 heteroatoms. The molecule has 0 amide bonds. The number of hydrogen-bond acceptors (Lipinski definition) is 15. The molecule has 2 N–H and O–H groups in total. The maximum absolute atomic E-state index is 10.8. The molecule has 0 fully saturated rings. The molecule has 0 spiro atoms. The topological polar surface area (TPSA) is 163 Å². The average molecular weight is 618 g/mol. The number of ether oxygens (including phenoxy) is 13. The van der Waals surface area contributed by atoms with E-state index >= 15 is 0 Å². The van der Waals surface area contributed by atoms with Crippen LogP contribution in [0.4, 0.5) is 0 Å². The zero-order chi connectivity index (χ0) is 30.4. The van der Waals surface area contributed by atoms with Crippen LogP contribution < -0.4 is 5.73 Å². The van der Waals surface area contributed by atoms with Gasteiger partial charge in [0.1, 0.15) is 6.61 Å². The standard InChI is InChI=1S/C27H55NO14/c1-30-2-3-31-4-5-32-6-7-33-8-9-34-10-11-35-12-13-36-14-15-37-16-17-38-18-19-39-20-21-40-22-23-41-24-25-42-27(29)26-28/h2-26,28H2,1H3. The van der Waals surface area contributed by atoms with Gasteiger partial charge in [0, 0.05) is 7.11 Å². The number of carbonyl (C=O) groups is 1. The van der Waals surface area contributed by atoms with E-state index in [1.807, 2.05) is 0 Å². The second-order valence-corrected chi connectivity index (χ2v) is 8.15. The third kappa shape index (κ3) is 37.0. The van der Waals surface area contributed by atoms with Crippen molar-refractivity contribution in [3.63, 3.8) is 0 Å². The van der Waals surface area contributed by atoms with E-state index in [-0.39, 0.29) is 13.2 Å². The number of hydrogen-bond donors (Lipinski definition) is 1. The number of nitrogens with two attached hydrogens (primary N) is 1. The molecule has 0 aliphatic carbocycles. The van der Waals surface area contributed by atoms with Gasteiger partial charge >= 0.3 is 5.97 Å². The van der Waals surface area contributed by atoms with Crippen LogP contribution in [0.1, 0.15) is 0 Å². The summed E-state index contributed by atoms with van der Waals surface area (Å²) in [5, 5.41) is 0. The molecule has 0 aliphatic rings. The summed E-state index contributed by atoms with van der Waals surface area (Å²) in [6.07, 6.45) is 0. The van der Waals surface area contributed by atoms with Crippen molar-refractivity contribution in [1.82, 2.24) is 0 Å². The summed E-state index contributed by atoms with van der Waals surface area (Å²) in [5.41, 5.74) is 5.12. The Bertz CT molecular complexity index is 521. The molecule has 0 aromatic heterocycles. The van der Waals surface area contributed by atoms with Crippen molar-refractivity contribution in [2.75, 3.05) is 172 Å². The van der Waals surface area contributed by atoms with Crippen LogP contribution >= 0.6 is 0 Å². The van der Waals surface area contributed by atoms with Crippen molar-refractivity contribution in [2.45, 2.75) is 0 Å². The van der Waals surface area contributed by atoms with Gasteiger partial charge in [-0.1, -0.05) is 0 Å². The first-order chi connectivity index (χ1) is 20.8. The van der Waals surface area contributed by atoms with Gasteiger partial charge < -0.3 is 67.3 Å². The molecule has 0 bridgehead atoms. The van der Waals surface area contributed by atoms with Crippen molar-refractivity contribution in [3.05, 3.63) is 0 Å². The minimum atomic E-state index is -0.445. The summed E-state index contributed by atoms with van der Waals surface area (Å²) in [6, 6.07) is 0. The smallest absolute Gasteiger partial charge is 0.319 e. The molecule has 0 aromatic rings. The summed E-state index contributed by atoms with van der Waals surface area (Å²) in [5.74, 6) is -0.445. The highest BCUT2D eigenvalue weighted by molar-refractivity contribution is 5.71. The minimum absolute atomic E-state index is 0.127. The maximum atomic E-state index is 10.8. The lowest BCUT2D eigenvalue weighted by Gasteiger charge is -2.09. The van der Waals surface area contributed by atoms with E-state index < -0.39 is 5.97 Å². The van der Waals surface area contributed by atoms with Crippen molar-refractivity contribution in [3.8, 4) is 0 Å². The van der Waals surface area contributed by atoms with Crippen LogP contribution in [0.25, 0.3) is 0 Å². The monoisotopic (exact) mass is 617 g/mol. The fourth-order valence-electron chi connectivity index (χ4n) is 2.72. The Kier molecular flexibility index (Phi) is 37.0. The maximum Gasteiger partial charge on any atom is 0.319 e. The van der Waals surface area contributed by atoms with Gasteiger partial charge in [0.05, 0.1) is 159 Å². The first-order valence-corrected chi connectivity index (χ1v) is 14.5. The van der Waals surface area contributed by atoms with E-state index in [0.29, 0.717) is 152 Å². The molecule has 15 nitrogen and oxygen atoms in total. The second kappa shape index (κ2) is 38.0. The molecule has 0 aromatic carbocycles. The Balaban J connectivity index is 3.04. The lowest BCUT2D eigenvalue weighted by atomic mass is 10.6. The van der Waals surface area contributed by atoms with E-state index in [1.54, 1.807) is 7.11 Å². The Morgan fingerprint density at radius 3 is 0.738 bits per heavy atom. The van der Waals surface area contributed by atoms with Gasteiger partial charge in [-0.2, -0.15) is 0 Å². The fraction of sp³-hybridized carbons (Fsp3) is 0.963. The predicted molar refractivity (Wildman–Crippen MR) is 151 cm³/mol. The minimum Gasteiger partial charge on any atom is -0.462 e. The lowest BCUT2D eigenvalue weighted by molar-refractivity contribution is -0.143. The normalized spacial score (nSPS) is 11.4. The highest BCUT2D eigenvalue weighted by atomic mass is 16.6. The van der Waals surface area contributed by atoms with Crippen LogP contribution in [-0.2, 0) is 66.4 Å². The molecule has 0 aliphatic heterocycles. The molecule has 0 unspecified atom stereocenters. The summed E-state index contributed by atoms with van der Waals surface area (Å²) in [7, 11) is 1.64. The molecule has 0 saturated carbocycles. The van der Waals surface area contributed by atoms with Gasteiger partial charge in [0.15, 0.2) is 0 Å². The highest BCUT2D eigenvalue weighted by Crippen LogP contribution is 1.87. The molecule has 0 heterocycles. The quantitative estimate of drug-likeness (QED) is 0.0688. The van der Waals surface area contributed by atoms with Gasteiger partial charge in [-0.3, -0.25) is 4.79 Å². The molecule has 0 saturated heterocycles. The van der Waals surface area contributed by atoms with E-state index in [9.17, 15) is 4.79 Å². The largest absolute Gasteiger partial charge is 0.462 e. The Morgan fingerprint density at radius 1 is 0.357 bits per heavy atom. The Hall–Kier alpha value is -1.05. The molecular formula is C27H55NO14. The average Bonchev–Trinajstić information content (AvgIpc) is 3.00. The van der Waals surface area contributed by atoms with Gasteiger partial charge in [-0.25, -0.2) is 0 Å². The predicted octanol–water partition coefficient (Wildman–Crippen LogP) is -0.683. The third-order valence-corrected chi connectivity index (χ3v) is 4.81. The number of rotatable bonds is 37. The molecule has 252 valence electrons.